The normalized spacial score (nSPS) is 24.6. The highest BCUT2D eigenvalue weighted by atomic mass is 19.1. The van der Waals surface area contributed by atoms with Crippen molar-refractivity contribution in [2.75, 3.05) is 31.1 Å². The van der Waals surface area contributed by atoms with Crippen LogP contribution >= 0.6 is 0 Å². The van der Waals surface area contributed by atoms with E-state index < -0.39 is 11.9 Å². The maximum atomic E-state index is 13.1. The van der Waals surface area contributed by atoms with E-state index in [9.17, 15) is 18.8 Å². The molecule has 3 saturated heterocycles. The molecule has 3 aliphatic heterocycles. The second-order valence-electron chi connectivity index (χ2n) is 8.02. The SMILES string of the molecule is O=C1CCCN1CCC1CCN([C@H]2CC(=O)N(c3ccc(F)cc3)C2=O)CC1. The zero-order chi connectivity index (χ0) is 19.7. The van der Waals surface area contributed by atoms with Gasteiger partial charge in [0.2, 0.25) is 11.8 Å². The summed E-state index contributed by atoms with van der Waals surface area (Å²) in [5.74, 6) is 0.00420. The van der Waals surface area contributed by atoms with Gasteiger partial charge in [0.15, 0.2) is 0 Å². The lowest BCUT2D eigenvalue weighted by Gasteiger charge is -2.35. The van der Waals surface area contributed by atoms with E-state index in [-0.39, 0.29) is 24.1 Å². The first-order chi connectivity index (χ1) is 13.5. The standard InChI is InChI=1S/C21H26FN3O3/c22-16-3-5-17(6-4-16)25-20(27)14-18(21(25)28)23-11-7-15(8-12-23)9-13-24-10-1-2-19(24)26/h3-6,15,18H,1-2,7-14H2/t18-/m0/s1. The highest BCUT2D eigenvalue weighted by Gasteiger charge is 2.43. The molecule has 0 saturated carbocycles. The Hall–Kier alpha value is -2.28. The summed E-state index contributed by atoms with van der Waals surface area (Å²) in [6.07, 6.45) is 4.82. The summed E-state index contributed by atoms with van der Waals surface area (Å²) in [4.78, 5) is 42.3. The number of piperidine rings is 1. The Bertz CT molecular complexity index is 759. The molecule has 0 N–H and O–H groups in total. The quantitative estimate of drug-likeness (QED) is 0.727. The summed E-state index contributed by atoms with van der Waals surface area (Å²) in [5.41, 5.74) is 0.434. The summed E-state index contributed by atoms with van der Waals surface area (Å²) in [7, 11) is 0. The molecule has 1 aromatic carbocycles. The maximum absolute atomic E-state index is 13.1. The molecular weight excluding hydrogens is 361 g/mol. The van der Waals surface area contributed by atoms with Crippen molar-refractivity contribution in [3.05, 3.63) is 30.1 Å². The number of rotatable bonds is 5. The van der Waals surface area contributed by atoms with Crippen molar-refractivity contribution < 1.29 is 18.8 Å². The van der Waals surface area contributed by atoms with Gasteiger partial charge in [0.25, 0.3) is 5.91 Å². The third kappa shape index (κ3) is 3.81. The Labute approximate surface area is 164 Å². The summed E-state index contributed by atoms with van der Waals surface area (Å²) < 4.78 is 13.1. The lowest BCUT2D eigenvalue weighted by atomic mass is 9.92. The lowest BCUT2D eigenvalue weighted by Crippen LogP contribution is -2.46. The fourth-order valence-electron chi connectivity index (χ4n) is 4.59. The van der Waals surface area contributed by atoms with Gasteiger partial charge in [-0.3, -0.25) is 19.3 Å². The zero-order valence-corrected chi connectivity index (χ0v) is 16.0. The summed E-state index contributed by atoms with van der Waals surface area (Å²) in [5, 5.41) is 0. The van der Waals surface area contributed by atoms with Crippen LogP contribution in [0.5, 0.6) is 0 Å². The fraction of sp³-hybridized carbons (Fsp3) is 0.571. The maximum Gasteiger partial charge on any atom is 0.251 e. The van der Waals surface area contributed by atoms with Crippen LogP contribution in [0, 0.1) is 11.7 Å². The molecule has 7 heteroatoms. The van der Waals surface area contributed by atoms with Crippen LogP contribution in [0.25, 0.3) is 0 Å². The second kappa shape index (κ2) is 7.99. The average Bonchev–Trinajstić information content (AvgIpc) is 3.24. The van der Waals surface area contributed by atoms with Crippen LogP contribution in [-0.4, -0.2) is 59.7 Å². The number of carbonyl (C=O) groups is 3. The van der Waals surface area contributed by atoms with Gasteiger partial charge in [-0.2, -0.15) is 0 Å². The van der Waals surface area contributed by atoms with Crippen LogP contribution in [0.15, 0.2) is 24.3 Å². The van der Waals surface area contributed by atoms with Gasteiger partial charge in [0, 0.05) is 19.5 Å². The van der Waals surface area contributed by atoms with Gasteiger partial charge < -0.3 is 4.90 Å². The number of hydrogen-bond donors (Lipinski definition) is 0. The van der Waals surface area contributed by atoms with Crippen LogP contribution < -0.4 is 4.90 Å². The third-order valence-electron chi connectivity index (χ3n) is 6.28. The van der Waals surface area contributed by atoms with E-state index in [1.165, 1.54) is 29.2 Å². The molecule has 1 aromatic rings. The predicted molar refractivity (Wildman–Crippen MR) is 102 cm³/mol. The van der Waals surface area contributed by atoms with Crippen LogP contribution in [-0.2, 0) is 14.4 Å². The second-order valence-corrected chi connectivity index (χ2v) is 8.02. The molecule has 1 atom stereocenters. The van der Waals surface area contributed by atoms with E-state index in [0.717, 1.165) is 51.9 Å². The van der Waals surface area contributed by atoms with E-state index >= 15 is 0 Å². The summed E-state index contributed by atoms with van der Waals surface area (Å²) >= 11 is 0. The van der Waals surface area contributed by atoms with Crippen molar-refractivity contribution >= 4 is 23.4 Å². The smallest absolute Gasteiger partial charge is 0.251 e. The van der Waals surface area contributed by atoms with Crippen molar-refractivity contribution in [2.24, 2.45) is 5.92 Å². The number of anilines is 1. The van der Waals surface area contributed by atoms with Gasteiger partial charge in [-0.05, 0) is 69.0 Å². The first kappa shape index (κ1) is 19.1. The number of imide groups is 1. The van der Waals surface area contributed by atoms with Crippen molar-refractivity contribution in [3.8, 4) is 0 Å². The summed E-state index contributed by atoms with van der Waals surface area (Å²) in [6, 6.07) is 5.05. The molecule has 0 aromatic heterocycles. The molecule has 0 bridgehead atoms. The van der Waals surface area contributed by atoms with Gasteiger partial charge in [0.05, 0.1) is 18.2 Å². The molecule has 0 radical (unpaired) electrons. The van der Waals surface area contributed by atoms with Gasteiger partial charge in [-0.1, -0.05) is 0 Å². The van der Waals surface area contributed by atoms with Gasteiger partial charge >= 0.3 is 0 Å². The Kier molecular flexibility index (Phi) is 5.44. The molecule has 3 aliphatic rings. The number of amides is 3. The highest BCUT2D eigenvalue weighted by Crippen LogP contribution is 2.29. The average molecular weight is 387 g/mol. The summed E-state index contributed by atoms with van der Waals surface area (Å²) in [6.45, 7) is 3.30. The molecule has 3 fully saturated rings. The number of benzene rings is 1. The molecule has 4 rings (SSSR count). The number of hydrogen-bond acceptors (Lipinski definition) is 4. The molecule has 150 valence electrons. The monoisotopic (exact) mass is 387 g/mol. The highest BCUT2D eigenvalue weighted by molar-refractivity contribution is 6.22. The molecule has 6 nitrogen and oxygen atoms in total. The first-order valence-corrected chi connectivity index (χ1v) is 10.2. The van der Waals surface area contributed by atoms with Gasteiger partial charge in [-0.15, -0.1) is 0 Å². The van der Waals surface area contributed by atoms with E-state index in [2.05, 4.69) is 4.90 Å². The fourth-order valence-corrected chi connectivity index (χ4v) is 4.59. The van der Waals surface area contributed by atoms with E-state index in [4.69, 9.17) is 0 Å². The molecule has 3 heterocycles. The Morgan fingerprint density at radius 3 is 2.32 bits per heavy atom. The van der Waals surface area contributed by atoms with E-state index in [1.54, 1.807) is 0 Å². The lowest BCUT2D eigenvalue weighted by molar-refractivity contribution is -0.128. The minimum atomic E-state index is -0.418. The number of likely N-dealkylation sites (tertiary alicyclic amines) is 2. The minimum absolute atomic E-state index is 0.184. The predicted octanol–water partition coefficient (Wildman–Crippen LogP) is 2.18. The Morgan fingerprint density at radius 1 is 0.964 bits per heavy atom. The number of carbonyl (C=O) groups excluding carboxylic acids is 3. The van der Waals surface area contributed by atoms with Gasteiger partial charge in [-0.25, -0.2) is 9.29 Å². The minimum Gasteiger partial charge on any atom is -0.343 e. The van der Waals surface area contributed by atoms with E-state index in [0.29, 0.717) is 18.0 Å². The zero-order valence-electron chi connectivity index (χ0n) is 16.0. The van der Waals surface area contributed by atoms with E-state index in [1.807, 2.05) is 4.90 Å². The molecule has 0 aliphatic carbocycles. The van der Waals surface area contributed by atoms with Crippen LogP contribution in [0.4, 0.5) is 10.1 Å². The molecular formula is C21H26FN3O3. The Morgan fingerprint density at radius 2 is 1.68 bits per heavy atom. The van der Waals surface area contributed by atoms with Crippen LogP contribution in [0.3, 0.4) is 0 Å². The number of halogens is 1. The van der Waals surface area contributed by atoms with Crippen molar-refractivity contribution in [1.29, 1.82) is 0 Å². The number of nitrogens with zero attached hydrogens (tertiary/aromatic N) is 3. The third-order valence-corrected chi connectivity index (χ3v) is 6.28. The molecule has 3 amide bonds. The van der Waals surface area contributed by atoms with Crippen LogP contribution in [0.2, 0.25) is 0 Å². The van der Waals surface area contributed by atoms with Crippen LogP contribution in [0.1, 0.15) is 38.5 Å². The van der Waals surface area contributed by atoms with Crippen molar-refractivity contribution in [3.63, 3.8) is 0 Å². The van der Waals surface area contributed by atoms with Crippen molar-refractivity contribution in [2.45, 2.75) is 44.6 Å². The largest absolute Gasteiger partial charge is 0.343 e. The Balaban J connectivity index is 1.31. The molecule has 0 unspecified atom stereocenters. The molecule has 0 spiro atoms. The molecule has 28 heavy (non-hydrogen) atoms. The van der Waals surface area contributed by atoms with Gasteiger partial charge in [0.1, 0.15) is 5.82 Å². The topological polar surface area (TPSA) is 60.9 Å². The van der Waals surface area contributed by atoms with Crippen molar-refractivity contribution in [1.82, 2.24) is 9.80 Å². The first-order valence-electron chi connectivity index (χ1n) is 10.2.